The number of piperidine rings is 1. The number of hydrogen-bond acceptors (Lipinski definition) is 9. The molecule has 2 amide bonds. The zero-order chi connectivity index (χ0) is 27.3. The van der Waals surface area contributed by atoms with Crippen molar-refractivity contribution in [1.29, 1.82) is 0 Å². The summed E-state index contributed by atoms with van der Waals surface area (Å²) in [7, 11) is 2.88. The summed E-state index contributed by atoms with van der Waals surface area (Å²) in [6, 6.07) is 3.79. The number of hydrogen-bond donors (Lipinski definition) is 3. The Morgan fingerprint density at radius 1 is 1.13 bits per heavy atom. The lowest BCUT2D eigenvalue weighted by molar-refractivity contribution is -0.116. The van der Waals surface area contributed by atoms with E-state index in [0.29, 0.717) is 17.6 Å². The van der Waals surface area contributed by atoms with Crippen molar-refractivity contribution in [3.63, 3.8) is 0 Å². The minimum Gasteiger partial charge on any atom is -0.400 e. The van der Waals surface area contributed by atoms with Crippen LogP contribution in [-0.4, -0.2) is 68.9 Å². The van der Waals surface area contributed by atoms with E-state index in [2.05, 4.69) is 41.7 Å². The van der Waals surface area contributed by atoms with Gasteiger partial charge in [0.1, 0.15) is 6.29 Å². The summed E-state index contributed by atoms with van der Waals surface area (Å²) < 4.78 is 2.72. The first-order valence-electron chi connectivity index (χ1n) is 12.3. The van der Waals surface area contributed by atoms with Gasteiger partial charge in [0.2, 0.25) is 5.95 Å². The smallest absolute Gasteiger partial charge is 0.321 e. The molecule has 12 heteroatoms. The molecular weight excluding hydrogens is 504 g/mol. The second-order valence-electron chi connectivity index (χ2n) is 9.31. The number of carbonyl (C=O) groups excluding carboxylic acids is 2. The number of aliphatic hydroxyl groups excluding tert-OH is 1. The Bertz CT molecular complexity index is 1410. The van der Waals surface area contributed by atoms with Crippen LogP contribution >= 0.6 is 11.3 Å². The van der Waals surface area contributed by atoms with Crippen molar-refractivity contribution in [2.24, 2.45) is 12.5 Å². The average molecular weight is 537 g/mol. The summed E-state index contributed by atoms with van der Waals surface area (Å²) in [5, 5.41) is 17.4. The van der Waals surface area contributed by atoms with Gasteiger partial charge in [0.15, 0.2) is 5.13 Å². The highest BCUT2D eigenvalue weighted by molar-refractivity contribution is 7.22. The molecule has 4 aromatic rings. The number of aromatic nitrogens is 5. The van der Waals surface area contributed by atoms with Crippen molar-refractivity contribution in [1.82, 2.24) is 30.0 Å². The Labute approximate surface area is 224 Å². The van der Waals surface area contributed by atoms with Crippen molar-refractivity contribution in [3.8, 4) is 22.3 Å². The van der Waals surface area contributed by atoms with Crippen LogP contribution in [0.4, 0.5) is 15.9 Å². The molecule has 11 nitrogen and oxygen atoms in total. The number of fused-ring (bicyclic) bond motifs is 1. The van der Waals surface area contributed by atoms with Crippen LogP contribution in [0.1, 0.15) is 26.7 Å². The number of thiazole rings is 1. The number of nitrogens with one attached hydrogen (secondary N) is 2. The largest absolute Gasteiger partial charge is 0.400 e. The molecule has 0 aliphatic carbocycles. The van der Waals surface area contributed by atoms with E-state index in [-0.39, 0.29) is 11.4 Å². The lowest BCUT2D eigenvalue weighted by Crippen LogP contribution is -2.40. The van der Waals surface area contributed by atoms with Gasteiger partial charge >= 0.3 is 6.03 Å². The quantitative estimate of drug-likeness (QED) is 0.317. The molecule has 3 aromatic heterocycles. The molecule has 1 aliphatic rings. The normalized spacial score (nSPS) is 14.5. The number of amides is 2. The highest BCUT2D eigenvalue weighted by Crippen LogP contribution is 2.38. The molecule has 5 rings (SSSR count). The molecule has 0 radical (unpaired) electrons. The molecule has 0 spiro atoms. The van der Waals surface area contributed by atoms with Crippen LogP contribution in [0, 0.1) is 5.41 Å². The molecule has 1 fully saturated rings. The van der Waals surface area contributed by atoms with Gasteiger partial charge in [-0.3, -0.25) is 10.00 Å². The van der Waals surface area contributed by atoms with Crippen molar-refractivity contribution >= 4 is 45.0 Å². The number of aliphatic hydroxyl groups is 1. The van der Waals surface area contributed by atoms with Crippen LogP contribution in [0.3, 0.4) is 0 Å². The van der Waals surface area contributed by atoms with Gasteiger partial charge in [0, 0.05) is 74.5 Å². The Morgan fingerprint density at radius 2 is 1.84 bits per heavy atom. The van der Waals surface area contributed by atoms with Gasteiger partial charge in [-0.1, -0.05) is 18.3 Å². The molecule has 3 N–H and O–H groups in total. The standard InChI is InChI=1S/C25H28N8O2S.CH4O/c1-4-26-23(35)31-24-30-20-10-16(9-19(21(20)36-24)18-13-29-32(3)14-18)17-11-27-22(28-12-17)33-7-5-25(2,15-34)6-8-33;1-2/h9-15H,4-8H2,1-3H3,(H2,26,30,31,35);2H,1H3. The maximum atomic E-state index is 12.0. The number of aldehydes is 1. The number of aryl methyl sites for hydroxylation is 1. The zero-order valence-electron chi connectivity index (χ0n) is 21.9. The van der Waals surface area contributed by atoms with E-state index in [4.69, 9.17) is 5.11 Å². The van der Waals surface area contributed by atoms with Crippen LogP contribution in [-0.2, 0) is 11.8 Å². The summed E-state index contributed by atoms with van der Waals surface area (Å²) in [6.45, 7) is 5.92. The minimum atomic E-state index is -0.283. The number of carbonyl (C=O) groups is 2. The lowest BCUT2D eigenvalue weighted by atomic mass is 9.82. The Balaban J connectivity index is 0.00000164. The van der Waals surface area contributed by atoms with Crippen LogP contribution in [0.2, 0.25) is 0 Å². The van der Waals surface area contributed by atoms with Gasteiger partial charge in [-0.2, -0.15) is 5.10 Å². The summed E-state index contributed by atoms with van der Waals surface area (Å²) in [5.41, 5.74) is 4.25. The van der Waals surface area contributed by atoms with Gasteiger partial charge in [0.25, 0.3) is 0 Å². The summed E-state index contributed by atoms with van der Waals surface area (Å²) in [4.78, 5) is 39.5. The van der Waals surface area contributed by atoms with Crippen LogP contribution in [0.15, 0.2) is 36.9 Å². The van der Waals surface area contributed by atoms with E-state index in [1.54, 1.807) is 4.68 Å². The summed E-state index contributed by atoms with van der Waals surface area (Å²) in [5.74, 6) is 0.669. The fourth-order valence-electron chi connectivity index (χ4n) is 4.30. The summed E-state index contributed by atoms with van der Waals surface area (Å²) >= 11 is 1.43. The van der Waals surface area contributed by atoms with Gasteiger partial charge in [0.05, 0.1) is 16.4 Å². The Kier molecular flexibility index (Phi) is 8.32. The number of benzene rings is 1. The fourth-order valence-corrected chi connectivity index (χ4v) is 5.28. The molecule has 1 saturated heterocycles. The molecule has 4 heterocycles. The molecule has 1 aliphatic heterocycles. The second-order valence-corrected chi connectivity index (χ2v) is 10.3. The van der Waals surface area contributed by atoms with E-state index in [9.17, 15) is 9.59 Å². The number of urea groups is 1. The van der Waals surface area contributed by atoms with E-state index < -0.39 is 0 Å². The predicted octanol–water partition coefficient (Wildman–Crippen LogP) is 3.71. The van der Waals surface area contributed by atoms with E-state index >= 15 is 0 Å². The number of nitrogens with zero attached hydrogens (tertiary/aromatic N) is 6. The average Bonchev–Trinajstić information content (AvgIpc) is 3.55. The van der Waals surface area contributed by atoms with E-state index in [1.165, 1.54) is 11.3 Å². The summed E-state index contributed by atoms with van der Waals surface area (Å²) in [6.07, 6.45) is 10.1. The predicted molar refractivity (Wildman–Crippen MR) is 149 cm³/mol. The molecule has 0 saturated carbocycles. The van der Waals surface area contributed by atoms with Crippen molar-refractivity contribution in [3.05, 3.63) is 36.9 Å². The number of anilines is 2. The molecule has 0 bridgehead atoms. The zero-order valence-corrected chi connectivity index (χ0v) is 22.7. The third-order valence-electron chi connectivity index (χ3n) is 6.51. The highest BCUT2D eigenvalue weighted by atomic mass is 32.1. The first kappa shape index (κ1) is 27.1. The van der Waals surface area contributed by atoms with Crippen LogP contribution in [0.25, 0.3) is 32.5 Å². The first-order chi connectivity index (χ1) is 18.4. The molecule has 0 unspecified atom stereocenters. The maximum Gasteiger partial charge on any atom is 0.321 e. The topological polar surface area (TPSA) is 138 Å². The SMILES string of the molecule is CCNC(=O)Nc1nc2cc(-c3cnc(N4CCC(C)(C=O)CC4)nc3)cc(-c3cnn(C)c3)c2s1.CO. The van der Waals surface area contributed by atoms with Gasteiger partial charge in [-0.05, 0) is 37.5 Å². The van der Waals surface area contributed by atoms with Crippen molar-refractivity contribution in [2.45, 2.75) is 26.7 Å². The monoisotopic (exact) mass is 536 g/mol. The molecule has 0 atom stereocenters. The second kappa shape index (κ2) is 11.7. The Hall–Kier alpha value is -3.90. The molecule has 200 valence electrons. The maximum absolute atomic E-state index is 12.0. The molecule has 38 heavy (non-hydrogen) atoms. The third kappa shape index (κ3) is 5.81. The van der Waals surface area contributed by atoms with E-state index in [0.717, 1.165) is 71.8 Å². The minimum absolute atomic E-state index is 0.257. The fraction of sp³-hybridized carbons (Fsp3) is 0.385. The van der Waals surface area contributed by atoms with Crippen LogP contribution in [0.5, 0.6) is 0 Å². The van der Waals surface area contributed by atoms with Crippen molar-refractivity contribution in [2.75, 3.05) is 37.0 Å². The molecular formula is C26H32N8O3S. The van der Waals surface area contributed by atoms with Gasteiger partial charge in [-0.25, -0.2) is 19.7 Å². The third-order valence-corrected chi connectivity index (χ3v) is 7.53. The van der Waals surface area contributed by atoms with Crippen LogP contribution < -0.4 is 15.5 Å². The Morgan fingerprint density at radius 3 is 2.45 bits per heavy atom. The van der Waals surface area contributed by atoms with E-state index in [1.807, 2.05) is 51.7 Å². The molecule has 1 aromatic carbocycles. The lowest BCUT2D eigenvalue weighted by Gasteiger charge is -2.35. The van der Waals surface area contributed by atoms with Crippen molar-refractivity contribution < 1.29 is 14.7 Å². The van der Waals surface area contributed by atoms with Gasteiger partial charge < -0.3 is 20.1 Å². The number of rotatable bonds is 6. The highest BCUT2D eigenvalue weighted by Gasteiger charge is 2.30. The van der Waals surface area contributed by atoms with Gasteiger partial charge in [-0.15, -0.1) is 0 Å². The first-order valence-corrected chi connectivity index (χ1v) is 13.2.